The molecule has 0 fully saturated rings. The Morgan fingerprint density at radius 3 is 1.75 bits per heavy atom. The van der Waals surface area contributed by atoms with Crippen molar-refractivity contribution in [1.82, 2.24) is 4.98 Å². The molecule has 0 spiro atoms. The number of hydrogen-bond acceptors (Lipinski definition) is 4. The Bertz CT molecular complexity index is 3380. The third kappa shape index (κ3) is 5.78. The summed E-state index contributed by atoms with van der Waals surface area (Å²) in [7, 11) is -2.74. The lowest BCUT2D eigenvalue weighted by Crippen LogP contribution is -2.72. The number of anilines is 4. The summed E-state index contributed by atoms with van der Waals surface area (Å²) in [6, 6.07) is 47.1. The summed E-state index contributed by atoms with van der Waals surface area (Å²) in [5, 5.41) is 4.98. The Labute approximate surface area is 360 Å². The molecule has 0 aliphatic carbocycles. The van der Waals surface area contributed by atoms with Crippen LogP contribution in [-0.4, -0.2) is 19.7 Å². The highest BCUT2D eigenvalue weighted by atomic mass is 28.3. The summed E-state index contributed by atoms with van der Waals surface area (Å²) in [4.78, 5) is 8.93. The van der Waals surface area contributed by atoms with Gasteiger partial charge in [-0.3, -0.25) is 4.98 Å². The van der Waals surface area contributed by atoms with Crippen molar-refractivity contribution in [2.24, 2.45) is 0 Å². The minimum Gasteiger partial charge on any atom is -0.457 e. The van der Waals surface area contributed by atoms with Crippen LogP contribution in [0.1, 0.15) is 13.7 Å². The van der Waals surface area contributed by atoms with E-state index < -0.39 is 68.5 Å². The molecule has 5 heteroatoms. The van der Waals surface area contributed by atoms with Crippen LogP contribution in [0.3, 0.4) is 0 Å². The van der Waals surface area contributed by atoms with Crippen molar-refractivity contribution in [1.29, 1.82) is 0 Å². The van der Waals surface area contributed by atoms with Crippen LogP contribution < -0.4 is 35.3 Å². The first kappa shape index (κ1) is 25.7. The second-order valence-electron chi connectivity index (χ2n) is 14.4. The van der Waals surface area contributed by atoms with Gasteiger partial charge in [-0.2, -0.15) is 0 Å². The molecule has 59 heavy (non-hydrogen) atoms. The number of nitrogens with zero attached hydrogens (tertiary/aromatic N) is 3. The summed E-state index contributed by atoms with van der Waals surface area (Å²) >= 11 is 0. The number of aromatic nitrogens is 1. The molecule has 0 atom stereocenters. The Kier molecular flexibility index (Phi) is 6.31. The second-order valence-corrected chi connectivity index (χ2v) is 18.1. The molecule has 2 aliphatic heterocycles. The highest BCUT2D eigenvalue weighted by Gasteiger charge is 2.49. The summed E-state index contributed by atoms with van der Waals surface area (Å²) in [6.07, 6.45) is 1.84. The second kappa shape index (κ2) is 14.5. The van der Waals surface area contributed by atoms with Crippen molar-refractivity contribution in [3.05, 3.63) is 224 Å². The first-order valence-electron chi connectivity index (χ1n) is 24.3. The molecule has 2 aliphatic rings. The van der Waals surface area contributed by atoms with Crippen LogP contribution in [0, 0.1) is 0 Å². The topological polar surface area (TPSA) is 28.6 Å². The van der Waals surface area contributed by atoms with E-state index in [9.17, 15) is 0 Å². The van der Waals surface area contributed by atoms with Gasteiger partial charge in [0.1, 0.15) is 18.2 Å². The predicted molar refractivity (Wildman–Crippen MR) is 246 cm³/mol. The molecule has 9 aromatic rings. The highest BCUT2D eigenvalue weighted by molar-refractivity contribution is 7.22. The first-order chi connectivity index (χ1) is 33.4. The van der Waals surface area contributed by atoms with E-state index in [1.54, 1.807) is 18.2 Å². The lowest BCUT2D eigenvalue weighted by atomic mass is 9.95. The molecule has 280 valence electrons. The average molecular weight is 784 g/mol. The zero-order valence-corrected chi connectivity index (χ0v) is 32.5. The molecular weight excluding hydrogens is 735 g/mol. The number of para-hydroxylation sites is 3. The van der Waals surface area contributed by atoms with Crippen molar-refractivity contribution in [3.63, 3.8) is 0 Å². The van der Waals surface area contributed by atoms with Gasteiger partial charge >= 0.3 is 0 Å². The van der Waals surface area contributed by atoms with Gasteiger partial charge in [0.15, 0.2) is 8.07 Å². The molecular formula is C54H39N3OSi. The van der Waals surface area contributed by atoms with E-state index in [0.29, 0.717) is 22.9 Å². The van der Waals surface area contributed by atoms with Crippen LogP contribution in [0.25, 0.3) is 33.5 Å². The summed E-state index contributed by atoms with van der Waals surface area (Å²) < 4.78 is 93.8. The Balaban J connectivity index is 1.02. The maximum Gasteiger partial charge on any atom is 0.182 e. The summed E-state index contributed by atoms with van der Waals surface area (Å²) in [5.41, 5.74) is 4.73. The molecule has 3 heterocycles. The van der Waals surface area contributed by atoms with E-state index in [1.165, 1.54) is 20.7 Å². The molecule has 0 radical (unpaired) electrons. The fourth-order valence-electron chi connectivity index (χ4n) is 8.83. The molecule has 0 saturated carbocycles. The Hall–Kier alpha value is -7.47. The van der Waals surface area contributed by atoms with Gasteiger partial charge in [0.2, 0.25) is 0 Å². The largest absolute Gasteiger partial charge is 0.457 e. The van der Waals surface area contributed by atoms with Gasteiger partial charge in [-0.15, -0.1) is 0 Å². The monoisotopic (exact) mass is 783 g/mol. The van der Waals surface area contributed by atoms with Crippen molar-refractivity contribution >= 4 is 51.6 Å². The molecule has 8 aromatic carbocycles. The lowest BCUT2D eigenvalue weighted by Gasteiger charge is -2.31. The number of rotatable bonds is 8. The van der Waals surface area contributed by atoms with Gasteiger partial charge in [0, 0.05) is 34.6 Å². The SMILES string of the molecule is [2H]c1c([2H])c([2H])c(-c2cccc(-c3c([2H])c([2H])c([2H])c([2H])c3[2H])c2N2CN(c3cccc(Oc4ccc5c(c4)-c4ncccc4[Si]5(c4ccccc4)c4ccccc4)c3)c3ccccc32)c([2H])c1[2H]. The number of pyridine rings is 1. The highest BCUT2D eigenvalue weighted by Crippen LogP contribution is 2.50. The Morgan fingerprint density at radius 2 is 1.08 bits per heavy atom. The first-order valence-corrected chi connectivity index (χ1v) is 21.3. The number of ether oxygens (including phenoxy) is 1. The van der Waals surface area contributed by atoms with Crippen LogP contribution >= 0.6 is 0 Å². The van der Waals surface area contributed by atoms with Gasteiger partial charge in [0.25, 0.3) is 0 Å². The Morgan fingerprint density at radius 1 is 0.492 bits per heavy atom. The molecule has 0 unspecified atom stereocenters. The van der Waals surface area contributed by atoms with Gasteiger partial charge in [-0.1, -0.05) is 170 Å². The van der Waals surface area contributed by atoms with Crippen molar-refractivity contribution < 1.29 is 18.4 Å². The predicted octanol–water partition coefficient (Wildman–Crippen LogP) is 10.8. The third-order valence-electron chi connectivity index (χ3n) is 11.2. The molecule has 0 saturated heterocycles. The van der Waals surface area contributed by atoms with Crippen LogP contribution in [0.2, 0.25) is 0 Å². The van der Waals surface area contributed by atoms with Crippen molar-refractivity contribution in [2.75, 3.05) is 16.5 Å². The minimum atomic E-state index is -2.74. The van der Waals surface area contributed by atoms with Crippen molar-refractivity contribution in [2.45, 2.75) is 0 Å². The van der Waals surface area contributed by atoms with Crippen molar-refractivity contribution in [3.8, 4) is 45.0 Å². The van der Waals surface area contributed by atoms with Gasteiger partial charge in [-0.05, 0) is 74.3 Å². The molecule has 1 aromatic heterocycles. The van der Waals surface area contributed by atoms with E-state index in [2.05, 4.69) is 71.6 Å². The number of hydrogen-bond donors (Lipinski definition) is 0. The molecule has 4 nitrogen and oxygen atoms in total. The minimum absolute atomic E-state index is 0.0869. The van der Waals surface area contributed by atoms with Gasteiger partial charge in [0.05, 0.1) is 36.5 Å². The fourth-order valence-corrected chi connectivity index (χ4v) is 13.9. The van der Waals surface area contributed by atoms with E-state index >= 15 is 0 Å². The zero-order valence-electron chi connectivity index (χ0n) is 41.5. The maximum absolute atomic E-state index is 9.03. The summed E-state index contributed by atoms with van der Waals surface area (Å²) in [5.74, 6) is 1.20. The number of benzene rings is 8. The average Bonchev–Trinajstić information content (AvgIpc) is 3.91. The van der Waals surface area contributed by atoms with E-state index in [1.807, 2.05) is 83.9 Å². The summed E-state index contributed by atoms with van der Waals surface area (Å²) in [6.45, 7) is 0.122. The number of fused-ring (bicyclic) bond motifs is 4. The maximum atomic E-state index is 9.03. The van der Waals surface area contributed by atoms with E-state index in [4.69, 9.17) is 23.4 Å². The lowest BCUT2D eigenvalue weighted by molar-refractivity contribution is 0.483. The van der Waals surface area contributed by atoms with Gasteiger partial charge in [-0.25, -0.2) is 0 Å². The smallest absolute Gasteiger partial charge is 0.182 e. The molecule has 0 amide bonds. The van der Waals surface area contributed by atoms with E-state index in [-0.39, 0.29) is 28.9 Å². The van der Waals surface area contributed by atoms with Crippen LogP contribution in [0.15, 0.2) is 224 Å². The van der Waals surface area contributed by atoms with Crippen LogP contribution in [0.4, 0.5) is 22.7 Å². The molecule has 0 bridgehead atoms. The third-order valence-corrected chi connectivity index (χ3v) is 16.1. The van der Waals surface area contributed by atoms with Crippen LogP contribution in [0.5, 0.6) is 11.5 Å². The standard InChI is InChI=1S/C54H39N3OSi/c1-5-18-39(19-6-1)46-28-16-29-47(40-20-7-2-8-21-40)54(46)57-38-56(49-30-13-14-31-50(49)57)41-22-15-23-42(36-41)58-43-33-34-51-48(37-43)53-52(32-17-35-55-53)59(51,44-24-9-3-10-25-44)45-26-11-4-12-27-45/h1-37H,38H2/i1D,2D,5D,6D,7D,8D,18D,19D,20D,21D. The zero-order chi connectivity index (χ0) is 47.9. The molecule has 0 N–H and O–H groups in total. The quantitative estimate of drug-likeness (QED) is 0.144. The normalized spacial score (nSPS) is 15.8. The fraction of sp³-hybridized carbons (Fsp3) is 0.0185. The molecule has 11 rings (SSSR count). The van der Waals surface area contributed by atoms with Crippen LogP contribution in [-0.2, 0) is 0 Å². The van der Waals surface area contributed by atoms with E-state index in [0.717, 1.165) is 22.6 Å². The van der Waals surface area contributed by atoms with Gasteiger partial charge < -0.3 is 14.5 Å².